The van der Waals surface area contributed by atoms with Gasteiger partial charge in [-0.1, -0.05) is 30.4 Å². The summed E-state index contributed by atoms with van der Waals surface area (Å²) < 4.78 is 0. The highest BCUT2D eigenvalue weighted by Gasteiger charge is 2.07. The van der Waals surface area contributed by atoms with E-state index in [1.54, 1.807) is 11.3 Å². The third kappa shape index (κ3) is 3.85. The van der Waals surface area contributed by atoms with Gasteiger partial charge in [-0.05, 0) is 50.6 Å². The second kappa shape index (κ2) is 6.78. The van der Waals surface area contributed by atoms with Gasteiger partial charge in [-0.15, -0.1) is 10.2 Å². The average molecular weight is 275 g/mol. The van der Waals surface area contributed by atoms with E-state index in [1.165, 1.54) is 16.7 Å². The van der Waals surface area contributed by atoms with Crippen LogP contribution < -0.4 is 5.32 Å². The first-order valence-electron chi connectivity index (χ1n) is 6.81. The smallest absolute Gasteiger partial charge is 0.147 e. The molecule has 3 nitrogen and oxygen atoms in total. The van der Waals surface area contributed by atoms with Crippen LogP contribution in [0.3, 0.4) is 0 Å². The van der Waals surface area contributed by atoms with E-state index in [2.05, 4.69) is 54.5 Å². The molecule has 102 valence electrons. The number of hydrogen-bond donors (Lipinski definition) is 1. The lowest BCUT2D eigenvalue weighted by atomic mass is 10.1. The zero-order chi connectivity index (χ0) is 13.7. The van der Waals surface area contributed by atoms with E-state index in [1.807, 2.05) is 0 Å². The third-order valence-corrected chi connectivity index (χ3v) is 4.25. The molecule has 1 aromatic carbocycles. The van der Waals surface area contributed by atoms with Gasteiger partial charge in [0.1, 0.15) is 10.0 Å². The lowest BCUT2D eigenvalue weighted by molar-refractivity contribution is 0.669. The normalized spacial score (nSPS) is 10.9. The van der Waals surface area contributed by atoms with Crippen LogP contribution >= 0.6 is 11.3 Å². The van der Waals surface area contributed by atoms with Gasteiger partial charge < -0.3 is 5.32 Å². The Kier molecular flexibility index (Phi) is 5.05. The summed E-state index contributed by atoms with van der Waals surface area (Å²) in [6.07, 6.45) is 2.13. The maximum atomic E-state index is 4.30. The van der Waals surface area contributed by atoms with Gasteiger partial charge in [-0.2, -0.15) is 0 Å². The first kappa shape index (κ1) is 14.2. The molecule has 0 saturated carbocycles. The summed E-state index contributed by atoms with van der Waals surface area (Å²) in [7, 11) is 0. The highest BCUT2D eigenvalue weighted by molar-refractivity contribution is 7.14. The fourth-order valence-electron chi connectivity index (χ4n) is 1.89. The topological polar surface area (TPSA) is 37.8 Å². The van der Waals surface area contributed by atoms with Gasteiger partial charge >= 0.3 is 0 Å². The maximum absolute atomic E-state index is 4.30. The molecule has 0 unspecified atom stereocenters. The fraction of sp³-hybridized carbons (Fsp3) is 0.467. The van der Waals surface area contributed by atoms with Crippen LogP contribution in [0.15, 0.2) is 18.2 Å². The van der Waals surface area contributed by atoms with Gasteiger partial charge in [-0.3, -0.25) is 0 Å². The molecular weight excluding hydrogens is 254 g/mol. The Morgan fingerprint density at radius 3 is 2.74 bits per heavy atom. The Bertz CT molecular complexity index is 534. The van der Waals surface area contributed by atoms with Gasteiger partial charge in [0.2, 0.25) is 0 Å². The molecule has 0 amide bonds. The molecular formula is C15H21N3S. The van der Waals surface area contributed by atoms with Crippen LogP contribution in [0.1, 0.15) is 29.5 Å². The van der Waals surface area contributed by atoms with Crippen molar-refractivity contribution in [1.29, 1.82) is 0 Å². The molecule has 0 atom stereocenters. The summed E-state index contributed by atoms with van der Waals surface area (Å²) in [6.45, 7) is 8.48. The van der Waals surface area contributed by atoms with Gasteiger partial charge in [0.15, 0.2) is 0 Å². The largest absolute Gasteiger partial charge is 0.317 e. The Morgan fingerprint density at radius 1 is 1.16 bits per heavy atom. The molecule has 0 saturated heterocycles. The van der Waals surface area contributed by atoms with E-state index >= 15 is 0 Å². The standard InChI is InChI=1S/C15H21N3S/c1-4-16-9-5-6-14-17-18-15(19-14)13-8-7-11(2)12(3)10-13/h7-8,10,16H,4-6,9H2,1-3H3. The zero-order valence-electron chi connectivity index (χ0n) is 11.9. The van der Waals surface area contributed by atoms with E-state index in [0.29, 0.717) is 0 Å². The molecule has 4 heteroatoms. The molecule has 2 aromatic rings. The molecule has 1 heterocycles. The van der Waals surface area contributed by atoms with Crippen molar-refractivity contribution in [3.05, 3.63) is 34.3 Å². The zero-order valence-corrected chi connectivity index (χ0v) is 12.7. The Morgan fingerprint density at radius 2 is 2.00 bits per heavy atom. The average Bonchev–Trinajstić information content (AvgIpc) is 2.87. The van der Waals surface area contributed by atoms with E-state index in [0.717, 1.165) is 35.9 Å². The molecule has 0 bridgehead atoms. The summed E-state index contributed by atoms with van der Waals surface area (Å²) in [4.78, 5) is 0. The fourth-order valence-corrected chi connectivity index (χ4v) is 2.76. The van der Waals surface area contributed by atoms with Gasteiger partial charge in [-0.25, -0.2) is 0 Å². The van der Waals surface area contributed by atoms with Crippen molar-refractivity contribution in [1.82, 2.24) is 15.5 Å². The number of benzene rings is 1. The minimum absolute atomic E-state index is 1.01. The third-order valence-electron chi connectivity index (χ3n) is 3.21. The number of aromatic nitrogens is 2. The van der Waals surface area contributed by atoms with Crippen molar-refractivity contribution in [2.45, 2.75) is 33.6 Å². The van der Waals surface area contributed by atoms with Crippen LogP contribution in [0.4, 0.5) is 0 Å². The van der Waals surface area contributed by atoms with E-state index in [9.17, 15) is 0 Å². The van der Waals surface area contributed by atoms with Gasteiger partial charge in [0.05, 0.1) is 0 Å². The second-order valence-electron chi connectivity index (χ2n) is 4.76. The highest BCUT2D eigenvalue weighted by atomic mass is 32.1. The van der Waals surface area contributed by atoms with Crippen LogP contribution in [0.25, 0.3) is 10.6 Å². The SMILES string of the molecule is CCNCCCc1nnc(-c2ccc(C)c(C)c2)s1. The van der Waals surface area contributed by atoms with E-state index in [4.69, 9.17) is 0 Å². The molecule has 0 spiro atoms. The van der Waals surface area contributed by atoms with Crippen molar-refractivity contribution >= 4 is 11.3 Å². The predicted molar refractivity (Wildman–Crippen MR) is 81.7 cm³/mol. The molecule has 0 fully saturated rings. The highest BCUT2D eigenvalue weighted by Crippen LogP contribution is 2.25. The van der Waals surface area contributed by atoms with E-state index < -0.39 is 0 Å². The Balaban J connectivity index is 2.01. The lowest BCUT2D eigenvalue weighted by Gasteiger charge is -2.01. The lowest BCUT2D eigenvalue weighted by Crippen LogP contribution is -2.14. The Hall–Kier alpha value is -1.26. The van der Waals surface area contributed by atoms with Crippen molar-refractivity contribution in [2.24, 2.45) is 0 Å². The predicted octanol–water partition coefficient (Wildman–Crippen LogP) is 3.36. The van der Waals surface area contributed by atoms with E-state index in [-0.39, 0.29) is 0 Å². The maximum Gasteiger partial charge on any atom is 0.147 e. The van der Waals surface area contributed by atoms with Crippen molar-refractivity contribution in [2.75, 3.05) is 13.1 Å². The van der Waals surface area contributed by atoms with Crippen molar-refractivity contribution < 1.29 is 0 Å². The van der Waals surface area contributed by atoms with Gasteiger partial charge in [0, 0.05) is 12.0 Å². The second-order valence-corrected chi connectivity index (χ2v) is 5.82. The number of nitrogens with zero attached hydrogens (tertiary/aromatic N) is 2. The number of nitrogens with one attached hydrogen (secondary N) is 1. The molecule has 0 aliphatic heterocycles. The van der Waals surface area contributed by atoms with Crippen LogP contribution in [0.5, 0.6) is 0 Å². The van der Waals surface area contributed by atoms with Crippen molar-refractivity contribution in [3.63, 3.8) is 0 Å². The van der Waals surface area contributed by atoms with Crippen LogP contribution in [0, 0.1) is 13.8 Å². The monoisotopic (exact) mass is 275 g/mol. The number of aryl methyl sites for hydroxylation is 3. The molecule has 0 radical (unpaired) electrons. The first-order valence-corrected chi connectivity index (χ1v) is 7.63. The van der Waals surface area contributed by atoms with Crippen molar-refractivity contribution in [3.8, 4) is 10.6 Å². The summed E-state index contributed by atoms with van der Waals surface area (Å²) in [6, 6.07) is 6.47. The summed E-state index contributed by atoms with van der Waals surface area (Å²) in [5.74, 6) is 0. The summed E-state index contributed by atoms with van der Waals surface area (Å²) in [5, 5.41) is 14.1. The van der Waals surface area contributed by atoms with Gasteiger partial charge in [0.25, 0.3) is 0 Å². The quantitative estimate of drug-likeness (QED) is 0.821. The number of hydrogen-bond acceptors (Lipinski definition) is 4. The number of rotatable bonds is 6. The minimum atomic E-state index is 1.01. The molecule has 2 rings (SSSR count). The van der Waals surface area contributed by atoms with Crippen LogP contribution in [0.2, 0.25) is 0 Å². The first-order chi connectivity index (χ1) is 9.20. The summed E-state index contributed by atoms with van der Waals surface area (Å²) >= 11 is 1.71. The molecule has 19 heavy (non-hydrogen) atoms. The molecule has 1 N–H and O–H groups in total. The molecule has 0 aliphatic carbocycles. The minimum Gasteiger partial charge on any atom is -0.317 e. The molecule has 0 aliphatic rings. The Labute approximate surface area is 119 Å². The summed E-state index contributed by atoms with van der Waals surface area (Å²) in [5.41, 5.74) is 3.80. The van der Waals surface area contributed by atoms with Crippen LogP contribution in [-0.2, 0) is 6.42 Å². The molecule has 1 aromatic heterocycles. The van der Waals surface area contributed by atoms with Crippen LogP contribution in [-0.4, -0.2) is 23.3 Å².